The molecule has 0 amide bonds. The summed E-state index contributed by atoms with van der Waals surface area (Å²) in [4.78, 5) is -0.0805. The molecule has 0 aliphatic heterocycles. The highest BCUT2D eigenvalue weighted by Gasteiger charge is 2.39. The van der Waals surface area contributed by atoms with Gasteiger partial charge in [-0.05, 0) is 55.8 Å². The molecule has 1 aromatic carbocycles. The van der Waals surface area contributed by atoms with Crippen LogP contribution in [-0.2, 0) is 10.0 Å². The number of aliphatic hydroxyl groups is 1. The average Bonchev–Trinajstić information content (AvgIpc) is 2.29. The Kier molecular flexibility index (Phi) is 4.99. The molecule has 0 aliphatic carbocycles. The number of nitrogens with one attached hydrogen (secondary N) is 1. The van der Waals surface area contributed by atoms with Crippen molar-refractivity contribution in [2.75, 3.05) is 12.8 Å². The standard InChI is InChI=1S/C13H21BrN2O4S/c1-12(2,13(3,4)17)16-21(18,19)11-7-9(15)8(14)6-10(11)20-5/h6-7,16-17H,15H2,1-5H3. The van der Waals surface area contributed by atoms with Crippen molar-refractivity contribution in [3.8, 4) is 5.75 Å². The third kappa shape index (κ3) is 3.88. The molecular weight excluding hydrogens is 360 g/mol. The summed E-state index contributed by atoms with van der Waals surface area (Å²) in [5.41, 5.74) is 3.68. The van der Waals surface area contributed by atoms with Gasteiger partial charge in [0.15, 0.2) is 0 Å². The molecule has 0 aliphatic rings. The van der Waals surface area contributed by atoms with Gasteiger partial charge in [0, 0.05) is 10.2 Å². The number of halogens is 1. The van der Waals surface area contributed by atoms with Gasteiger partial charge in [0.1, 0.15) is 10.6 Å². The molecule has 0 fully saturated rings. The maximum Gasteiger partial charge on any atom is 0.244 e. The first kappa shape index (κ1) is 18.2. The second kappa shape index (κ2) is 5.75. The van der Waals surface area contributed by atoms with Crippen LogP contribution in [0.25, 0.3) is 0 Å². The van der Waals surface area contributed by atoms with Crippen molar-refractivity contribution in [3.63, 3.8) is 0 Å². The van der Waals surface area contributed by atoms with Crippen LogP contribution in [0.2, 0.25) is 0 Å². The summed E-state index contributed by atoms with van der Waals surface area (Å²) in [7, 11) is -2.55. The van der Waals surface area contributed by atoms with Gasteiger partial charge in [-0.25, -0.2) is 13.1 Å². The van der Waals surface area contributed by atoms with Crippen LogP contribution in [0.3, 0.4) is 0 Å². The van der Waals surface area contributed by atoms with Crippen LogP contribution < -0.4 is 15.2 Å². The predicted octanol–water partition coefficient (Wildman–Crippen LogP) is 1.87. The molecule has 0 saturated heterocycles. The van der Waals surface area contributed by atoms with Crippen LogP contribution in [0.4, 0.5) is 5.69 Å². The number of benzene rings is 1. The Morgan fingerprint density at radius 2 is 1.81 bits per heavy atom. The molecule has 0 aromatic heterocycles. The number of anilines is 1. The van der Waals surface area contributed by atoms with Crippen LogP contribution in [0.5, 0.6) is 5.75 Å². The predicted molar refractivity (Wildman–Crippen MR) is 85.8 cm³/mol. The van der Waals surface area contributed by atoms with E-state index in [-0.39, 0.29) is 16.3 Å². The molecule has 1 rings (SSSR count). The first-order chi connectivity index (χ1) is 9.32. The van der Waals surface area contributed by atoms with E-state index in [1.54, 1.807) is 13.8 Å². The molecule has 120 valence electrons. The summed E-state index contributed by atoms with van der Waals surface area (Å²) in [6.45, 7) is 6.25. The second-order valence-corrected chi connectivity index (χ2v) is 8.32. The molecule has 6 nitrogen and oxygen atoms in total. The SMILES string of the molecule is COc1cc(Br)c(N)cc1S(=O)(=O)NC(C)(C)C(C)(C)O. The molecule has 0 bridgehead atoms. The Morgan fingerprint density at radius 3 is 2.24 bits per heavy atom. The van der Waals surface area contributed by atoms with Gasteiger partial charge in [0.2, 0.25) is 10.0 Å². The summed E-state index contributed by atoms with van der Waals surface area (Å²) in [6.07, 6.45) is 0. The molecule has 0 radical (unpaired) electrons. The van der Waals surface area contributed by atoms with Crippen molar-refractivity contribution in [2.45, 2.75) is 43.7 Å². The highest BCUT2D eigenvalue weighted by atomic mass is 79.9. The van der Waals surface area contributed by atoms with Gasteiger partial charge in [0.25, 0.3) is 0 Å². The zero-order valence-corrected chi connectivity index (χ0v) is 15.1. The van der Waals surface area contributed by atoms with Gasteiger partial charge in [-0.1, -0.05) is 0 Å². The van der Waals surface area contributed by atoms with Crippen LogP contribution in [0.1, 0.15) is 27.7 Å². The van der Waals surface area contributed by atoms with Gasteiger partial charge in [0.05, 0.1) is 18.2 Å². The van der Waals surface area contributed by atoms with Gasteiger partial charge in [-0.2, -0.15) is 0 Å². The molecule has 8 heteroatoms. The number of hydrogen-bond donors (Lipinski definition) is 3. The van der Waals surface area contributed by atoms with E-state index in [1.807, 2.05) is 0 Å². The molecule has 0 spiro atoms. The molecule has 0 unspecified atom stereocenters. The second-order valence-electron chi connectivity index (χ2n) is 5.81. The van der Waals surface area contributed by atoms with Gasteiger partial charge < -0.3 is 15.6 Å². The highest BCUT2D eigenvalue weighted by molar-refractivity contribution is 9.10. The van der Waals surface area contributed by atoms with E-state index in [0.717, 1.165) is 0 Å². The Bertz CT molecular complexity index is 636. The molecular formula is C13H21BrN2O4S. The van der Waals surface area contributed by atoms with Crippen molar-refractivity contribution < 1.29 is 18.3 Å². The zero-order chi connectivity index (χ0) is 16.6. The molecule has 0 heterocycles. The number of nitrogens with two attached hydrogens (primary N) is 1. The molecule has 21 heavy (non-hydrogen) atoms. The van der Waals surface area contributed by atoms with Crippen molar-refractivity contribution in [3.05, 3.63) is 16.6 Å². The Hall–Kier alpha value is -0.830. The lowest BCUT2D eigenvalue weighted by Crippen LogP contribution is -2.57. The fourth-order valence-electron chi connectivity index (χ4n) is 1.44. The third-order valence-electron chi connectivity index (χ3n) is 3.49. The highest BCUT2D eigenvalue weighted by Crippen LogP contribution is 2.33. The van der Waals surface area contributed by atoms with Crippen molar-refractivity contribution >= 4 is 31.6 Å². The first-order valence-electron chi connectivity index (χ1n) is 6.21. The zero-order valence-electron chi connectivity index (χ0n) is 12.7. The molecule has 0 saturated carbocycles. The number of rotatable bonds is 5. The monoisotopic (exact) mass is 380 g/mol. The maximum absolute atomic E-state index is 12.6. The minimum Gasteiger partial charge on any atom is -0.495 e. The van der Waals surface area contributed by atoms with E-state index < -0.39 is 21.2 Å². The fraction of sp³-hybridized carbons (Fsp3) is 0.538. The lowest BCUT2D eigenvalue weighted by molar-refractivity contribution is 0.00637. The van der Waals surface area contributed by atoms with Crippen LogP contribution >= 0.6 is 15.9 Å². The van der Waals surface area contributed by atoms with Gasteiger partial charge >= 0.3 is 0 Å². The van der Waals surface area contributed by atoms with Crippen molar-refractivity contribution in [1.29, 1.82) is 0 Å². The maximum atomic E-state index is 12.6. The lowest BCUT2D eigenvalue weighted by Gasteiger charge is -2.37. The minimum atomic E-state index is -3.92. The molecule has 1 aromatic rings. The summed E-state index contributed by atoms with van der Waals surface area (Å²) >= 11 is 3.22. The van der Waals surface area contributed by atoms with E-state index in [9.17, 15) is 13.5 Å². The van der Waals surface area contributed by atoms with Crippen molar-refractivity contribution in [2.24, 2.45) is 0 Å². The van der Waals surface area contributed by atoms with E-state index in [4.69, 9.17) is 10.5 Å². The number of sulfonamides is 1. The lowest BCUT2D eigenvalue weighted by atomic mass is 9.87. The summed E-state index contributed by atoms with van der Waals surface area (Å²) in [6, 6.07) is 2.80. The minimum absolute atomic E-state index is 0.0805. The van der Waals surface area contributed by atoms with E-state index in [1.165, 1.54) is 33.1 Å². The van der Waals surface area contributed by atoms with Gasteiger partial charge in [-0.15, -0.1) is 0 Å². The van der Waals surface area contributed by atoms with Crippen molar-refractivity contribution in [1.82, 2.24) is 4.72 Å². The summed E-state index contributed by atoms with van der Waals surface area (Å²) < 4.78 is 33.3. The van der Waals surface area contributed by atoms with Crippen LogP contribution in [0.15, 0.2) is 21.5 Å². The number of ether oxygens (including phenoxy) is 1. The first-order valence-corrected chi connectivity index (χ1v) is 8.49. The van der Waals surface area contributed by atoms with E-state index >= 15 is 0 Å². The summed E-state index contributed by atoms with van der Waals surface area (Å²) in [5.74, 6) is 0.162. The topological polar surface area (TPSA) is 102 Å². The number of hydrogen-bond acceptors (Lipinski definition) is 5. The van der Waals surface area contributed by atoms with Crippen LogP contribution in [0, 0.1) is 0 Å². The van der Waals surface area contributed by atoms with Crippen LogP contribution in [-0.4, -0.2) is 31.8 Å². The Morgan fingerprint density at radius 1 is 1.29 bits per heavy atom. The summed E-state index contributed by atoms with van der Waals surface area (Å²) in [5, 5.41) is 10.1. The van der Waals surface area contributed by atoms with E-state index in [2.05, 4.69) is 20.7 Å². The Labute approximate surface area is 133 Å². The number of methoxy groups -OCH3 is 1. The number of nitrogen functional groups attached to an aromatic ring is 1. The molecule has 0 atom stereocenters. The van der Waals surface area contributed by atoms with E-state index in [0.29, 0.717) is 4.47 Å². The third-order valence-corrected chi connectivity index (χ3v) is 5.86. The fourth-order valence-corrected chi connectivity index (χ4v) is 3.48. The Balaban J connectivity index is 3.36. The normalized spacial score (nSPS) is 13.3. The molecule has 4 N–H and O–H groups in total. The van der Waals surface area contributed by atoms with Gasteiger partial charge in [-0.3, -0.25) is 0 Å². The smallest absolute Gasteiger partial charge is 0.244 e. The quantitative estimate of drug-likeness (QED) is 0.676. The average molecular weight is 381 g/mol. The largest absolute Gasteiger partial charge is 0.495 e.